The average Bonchev–Trinajstić information content (AvgIpc) is 3.60. The number of nitrogens with one attached hydrogen (secondary N) is 2. The molecule has 0 bridgehead atoms. The lowest BCUT2D eigenvalue weighted by Crippen LogP contribution is -2.45. The van der Waals surface area contributed by atoms with Gasteiger partial charge in [0.15, 0.2) is 0 Å². The van der Waals surface area contributed by atoms with E-state index in [1.165, 1.54) is 12.1 Å². The second-order valence-electron chi connectivity index (χ2n) is 8.73. The highest BCUT2D eigenvalue weighted by atomic mass is 19.4. The fourth-order valence-corrected chi connectivity index (χ4v) is 4.33. The average molecular weight is 498 g/mol. The van der Waals surface area contributed by atoms with Crippen LogP contribution in [0.4, 0.5) is 41.0 Å². The molecule has 1 aliphatic carbocycles. The highest BCUT2D eigenvalue weighted by Crippen LogP contribution is 2.53. The lowest BCUT2D eigenvalue weighted by molar-refractivity contribution is -0.274. The Morgan fingerprint density at radius 2 is 1.78 bits per heavy atom. The molecular weight excluding hydrogens is 477 g/mol. The Balaban J connectivity index is 1.32. The molecule has 0 atom stereocenters. The van der Waals surface area contributed by atoms with E-state index in [0.717, 1.165) is 23.3 Å². The summed E-state index contributed by atoms with van der Waals surface area (Å²) >= 11 is 0. The molecule has 0 radical (unpaired) electrons. The molecule has 36 heavy (non-hydrogen) atoms. The number of carbonyl (C=O) groups is 2. The van der Waals surface area contributed by atoms with Crippen LogP contribution in [0.1, 0.15) is 29.7 Å². The zero-order valence-corrected chi connectivity index (χ0v) is 19.0. The second kappa shape index (κ2) is 8.40. The van der Waals surface area contributed by atoms with Crippen LogP contribution in [0, 0.1) is 6.92 Å². The van der Waals surface area contributed by atoms with Crippen molar-refractivity contribution in [3.8, 4) is 5.75 Å². The summed E-state index contributed by atoms with van der Waals surface area (Å²) in [5.41, 5.74) is 8.76. The van der Waals surface area contributed by atoms with Crippen molar-refractivity contribution in [1.29, 1.82) is 0 Å². The van der Waals surface area contributed by atoms with Gasteiger partial charge in [0.2, 0.25) is 11.9 Å². The van der Waals surface area contributed by atoms with Crippen molar-refractivity contribution in [3.63, 3.8) is 0 Å². The van der Waals surface area contributed by atoms with Gasteiger partial charge < -0.3 is 26.0 Å². The first kappa shape index (κ1) is 23.4. The number of nitrogens with two attached hydrogens (primary N) is 1. The minimum atomic E-state index is -4.80. The normalized spacial score (nSPS) is 15.9. The van der Waals surface area contributed by atoms with Gasteiger partial charge in [0.1, 0.15) is 5.75 Å². The molecule has 2 aliphatic rings. The van der Waals surface area contributed by atoms with Gasteiger partial charge in [-0.3, -0.25) is 4.79 Å². The summed E-state index contributed by atoms with van der Waals surface area (Å²) in [4.78, 5) is 36.1. The first-order valence-electron chi connectivity index (χ1n) is 11.0. The van der Waals surface area contributed by atoms with E-state index in [0.29, 0.717) is 29.9 Å². The monoisotopic (exact) mass is 498 g/mol. The number of fused-ring (bicyclic) bond motifs is 2. The van der Waals surface area contributed by atoms with Crippen LogP contribution in [-0.4, -0.2) is 28.3 Å². The molecule has 3 aromatic rings. The number of aryl methyl sites for hydroxylation is 1. The van der Waals surface area contributed by atoms with E-state index < -0.39 is 23.6 Å². The van der Waals surface area contributed by atoms with Gasteiger partial charge in [0, 0.05) is 28.8 Å². The van der Waals surface area contributed by atoms with E-state index in [9.17, 15) is 22.8 Å². The number of hydrogen-bond acceptors (Lipinski definition) is 6. The number of ether oxygens (including phenoxy) is 1. The smallest absolute Gasteiger partial charge is 0.406 e. The Morgan fingerprint density at radius 1 is 1.11 bits per heavy atom. The number of nitrogens with zero attached hydrogens (tertiary/aromatic N) is 3. The molecule has 0 unspecified atom stereocenters. The molecule has 4 N–H and O–H groups in total. The molecule has 1 fully saturated rings. The largest absolute Gasteiger partial charge is 0.573 e. The zero-order chi connectivity index (χ0) is 25.7. The van der Waals surface area contributed by atoms with Crippen molar-refractivity contribution >= 4 is 34.9 Å². The summed E-state index contributed by atoms with van der Waals surface area (Å²) in [5.74, 6) is -0.331. The Hall–Kier alpha value is -4.35. The third-order valence-corrected chi connectivity index (χ3v) is 6.17. The molecule has 0 saturated heterocycles. The van der Waals surface area contributed by atoms with Crippen molar-refractivity contribution in [3.05, 3.63) is 65.5 Å². The summed E-state index contributed by atoms with van der Waals surface area (Å²) in [7, 11) is 0. The first-order chi connectivity index (χ1) is 17.0. The predicted octanol–water partition coefficient (Wildman–Crippen LogP) is 4.49. The summed E-state index contributed by atoms with van der Waals surface area (Å²) in [5, 5.41) is 5.24. The van der Waals surface area contributed by atoms with Gasteiger partial charge in [-0.25, -0.2) is 14.8 Å². The van der Waals surface area contributed by atoms with Gasteiger partial charge in [-0.05, 0) is 61.7 Å². The number of benzene rings is 2. The van der Waals surface area contributed by atoms with Crippen molar-refractivity contribution in [2.24, 2.45) is 0 Å². The minimum absolute atomic E-state index is 0.0704. The van der Waals surface area contributed by atoms with E-state index in [2.05, 4.69) is 25.3 Å². The molecule has 186 valence electrons. The van der Waals surface area contributed by atoms with Crippen molar-refractivity contribution in [1.82, 2.24) is 9.97 Å². The van der Waals surface area contributed by atoms with Crippen LogP contribution in [0.15, 0.2) is 48.7 Å². The summed E-state index contributed by atoms with van der Waals surface area (Å²) in [6.07, 6.45) is -1.80. The molecule has 1 spiro atoms. The molecule has 9 nitrogen and oxygen atoms in total. The Bertz CT molecular complexity index is 1360. The number of anilines is 4. The Kier molecular flexibility index (Phi) is 5.46. The quantitative estimate of drug-likeness (QED) is 0.487. The summed E-state index contributed by atoms with van der Waals surface area (Å²) < 4.78 is 40.8. The van der Waals surface area contributed by atoms with Crippen molar-refractivity contribution in [2.45, 2.75) is 38.1 Å². The van der Waals surface area contributed by atoms with E-state index in [4.69, 9.17) is 5.73 Å². The zero-order valence-electron chi connectivity index (χ0n) is 19.0. The van der Waals surface area contributed by atoms with Crippen molar-refractivity contribution < 1.29 is 27.5 Å². The number of hydrogen-bond donors (Lipinski definition) is 3. The van der Waals surface area contributed by atoms with Crippen LogP contribution >= 0.6 is 0 Å². The fraction of sp³-hybridized carbons (Fsp3) is 0.250. The molecule has 1 aromatic heterocycles. The topological polar surface area (TPSA) is 122 Å². The van der Waals surface area contributed by atoms with Crippen LogP contribution in [0.25, 0.3) is 0 Å². The van der Waals surface area contributed by atoms with Gasteiger partial charge in [0.25, 0.3) is 0 Å². The van der Waals surface area contributed by atoms with E-state index in [1.807, 2.05) is 6.92 Å². The van der Waals surface area contributed by atoms with E-state index in [-0.39, 0.29) is 24.1 Å². The Morgan fingerprint density at radius 3 is 2.44 bits per heavy atom. The van der Waals surface area contributed by atoms with Gasteiger partial charge in [-0.15, -0.1) is 13.2 Å². The maximum Gasteiger partial charge on any atom is 0.573 e. The standard InChI is InChI=1S/C24H21F3N6O3/c1-13-2-3-16(31-22(35)30-15-4-6-17(7-5-15)36-24(25,26)27)10-18(13)33-12-14-11-29-21(28)32-19(14)23(8-9-23)20(33)34/h2-7,10-11H,8-9,12H2,1H3,(H2,28,29,32)(H2,30,31,35). The van der Waals surface area contributed by atoms with Crippen LogP contribution in [0.5, 0.6) is 5.75 Å². The molecule has 1 aliphatic heterocycles. The summed E-state index contributed by atoms with van der Waals surface area (Å²) in [6, 6.07) is 9.34. The first-order valence-corrected chi connectivity index (χ1v) is 11.0. The molecule has 1 saturated carbocycles. The molecular formula is C24H21F3N6O3. The number of halogens is 3. The van der Waals surface area contributed by atoms with Gasteiger partial charge in [-0.2, -0.15) is 0 Å². The number of carbonyl (C=O) groups excluding carboxylic acids is 2. The number of amides is 3. The number of alkyl halides is 3. The molecule has 12 heteroatoms. The third kappa shape index (κ3) is 4.49. The van der Waals surface area contributed by atoms with Crippen LogP contribution in [0.2, 0.25) is 0 Å². The Labute approximate surface area is 203 Å². The fourth-order valence-electron chi connectivity index (χ4n) is 4.33. The van der Waals surface area contributed by atoms with Crippen LogP contribution in [0.3, 0.4) is 0 Å². The van der Waals surface area contributed by atoms with Gasteiger partial charge >= 0.3 is 12.4 Å². The third-order valence-electron chi connectivity index (χ3n) is 6.17. The van der Waals surface area contributed by atoms with E-state index >= 15 is 0 Å². The SMILES string of the molecule is Cc1ccc(NC(=O)Nc2ccc(OC(F)(F)F)cc2)cc1N1Cc2cnc(N)nc2C2(CC2)C1=O. The summed E-state index contributed by atoms with van der Waals surface area (Å²) in [6.45, 7) is 2.14. The molecule has 2 heterocycles. The second-order valence-corrected chi connectivity index (χ2v) is 8.73. The number of urea groups is 1. The molecule has 5 rings (SSSR count). The number of rotatable bonds is 4. The lowest BCUT2D eigenvalue weighted by atomic mass is 9.91. The van der Waals surface area contributed by atoms with E-state index in [1.54, 1.807) is 29.3 Å². The maximum absolute atomic E-state index is 13.5. The minimum Gasteiger partial charge on any atom is -0.406 e. The highest BCUT2D eigenvalue weighted by molar-refractivity contribution is 6.06. The number of nitrogen functional groups attached to an aromatic ring is 1. The number of aromatic nitrogens is 2. The maximum atomic E-state index is 13.5. The van der Waals surface area contributed by atoms with Crippen LogP contribution in [-0.2, 0) is 16.8 Å². The van der Waals surface area contributed by atoms with Crippen molar-refractivity contribution in [2.75, 3.05) is 21.3 Å². The predicted molar refractivity (Wildman–Crippen MR) is 125 cm³/mol. The van der Waals surface area contributed by atoms with Gasteiger partial charge in [0.05, 0.1) is 17.7 Å². The van der Waals surface area contributed by atoms with Gasteiger partial charge in [-0.1, -0.05) is 6.07 Å². The molecule has 2 aromatic carbocycles. The highest BCUT2D eigenvalue weighted by Gasteiger charge is 2.58. The lowest BCUT2D eigenvalue weighted by Gasteiger charge is -2.34. The van der Waals surface area contributed by atoms with Crippen LogP contribution < -0.4 is 26.0 Å². The molecule has 3 amide bonds.